The summed E-state index contributed by atoms with van der Waals surface area (Å²) in [6.45, 7) is 1.32. The van der Waals surface area contributed by atoms with Gasteiger partial charge >= 0.3 is 0 Å². The first kappa shape index (κ1) is 16.9. The summed E-state index contributed by atoms with van der Waals surface area (Å²) >= 11 is 0. The summed E-state index contributed by atoms with van der Waals surface area (Å²) < 4.78 is 28.2. The molecular formula is C19H15FN4O3. The number of alkyl halides is 1. The van der Waals surface area contributed by atoms with E-state index in [0.717, 1.165) is 5.56 Å². The predicted molar refractivity (Wildman–Crippen MR) is 94.9 cm³/mol. The number of hydrogen-bond donors (Lipinski definition) is 0. The molecule has 0 saturated carbocycles. The molecule has 4 rings (SSSR count). The van der Waals surface area contributed by atoms with Gasteiger partial charge in [0, 0.05) is 12.3 Å². The molecule has 136 valence electrons. The monoisotopic (exact) mass is 366 g/mol. The van der Waals surface area contributed by atoms with Gasteiger partial charge in [-0.3, -0.25) is 9.97 Å². The van der Waals surface area contributed by atoms with Gasteiger partial charge in [0.05, 0.1) is 18.1 Å². The molecule has 0 amide bonds. The third-order valence-electron chi connectivity index (χ3n) is 3.76. The molecule has 0 aromatic carbocycles. The Balaban J connectivity index is 1.49. The summed E-state index contributed by atoms with van der Waals surface area (Å²) in [6, 6.07) is 8.87. The molecule has 0 atom stereocenters. The molecule has 0 aliphatic heterocycles. The number of oxazole rings is 1. The van der Waals surface area contributed by atoms with E-state index in [1.165, 1.54) is 6.20 Å². The zero-order valence-corrected chi connectivity index (χ0v) is 14.4. The highest BCUT2D eigenvalue weighted by molar-refractivity contribution is 5.73. The van der Waals surface area contributed by atoms with Crippen molar-refractivity contribution < 1.29 is 18.3 Å². The largest absolute Gasteiger partial charge is 0.486 e. The number of ether oxygens (including phenoxy) is 2. The van der Waals surface area contributed by atoms with E-state index in [-0.39, 0.29) is 6.61 Å². The van der Waals surface area contributed by atoms with Gasteiger partial charge < -0.3 is 13.9 Å². The Morgan fingerprint density at radius 3 is 2.67 bits per heavy atom. The van der Waals surface area contributed by atoms with Gasteiger partial charge in [0.2, 0.25) is 18.5 Å². The topological polar surface area (TPSA) is 83.2 Å². The number of aryl methyl sites for hydroxylation is 1. The lowest BCUT2D eigenvalue weighted by Crippen LogP contribution is -1.99. The van der Waals surface area contributed by atoms with E-state index in [0.29, 0.717) is 40.0 Å². The molecule has 0 bridgehead atoms. The quantitative estimate of drug-likeness (QED) is 0.512. The molecule has 0 spiro atoms. The van der Waals surface area contributed by atoms with Crippen LogP contribution in [0.25, 0.3) is 22.8 Å². The normalized spacial score (nSPS) is 10.9. The Bertz CT molecular complexity index is 1070. The van der Waals surface area contributed by atoms with Crippen molar-refractivity contribution in [2.24, 2.45) is 0 Å². The second-order valence-corrected chi connectivity index (χ2v) is 5.76. The second kappa shape index (κ2) is 7.36. The molecule has 4 aromatic heterocycles. The van der Waals surface area contributed by atoms with Crippen molar-refractivity contribution in [1.82, 2.24) is 19.9 Å². The van der Waals surface area contributed by atoms with Gasteiger partial charge in [-0.25, -0.2) is 14.4 Å². The highest BCUT2D eigenvalue weighted by Gasteiger charge is 2.12. The van der Waals surface area contributed by atoms with Crippen LogP contribution < -0.4 is 9.47 Å². The van der Waals surface area contributed by atoms with Crippen molar-refractivity contribution in [1.29, 1.82) is 0 Å². The minimum absolute atomic E-state index is 0.229. The van der Waals surface area contributed by atoms with Gasteiger partial charge in [-0.2, -0.15) is 0 Å². The number of halogens is 1. The highest BCUT2D eigenvalue weighted by Crippen LogP contribution is 2.25. The van der Waals surface area contributed by atoms with Crippen LogP contribution in [-0.4, -0.2) is 26.8 Å². The average Bonchev–Trinajstić information content (AvgIpc) is 3.11. The summed E-state index contributed by atoms with van der Waals surface area (Å²) in [5, 5.41) is 0. The van der Waals surface area contributed by atoms with Crippen molar-refractivity contribution in [3.05, 3.63) is 60.2 Å². The number of fused-ring (bicyclic) bond motifs is 1. The third kappa shape index (κ3) is 3.84. The first-order valence-electron chi connectivity index (χ1n) is 8.17. The van der Waals surface area contributed by atoms with Crippen LogP contribution in [0.2, 0.25) is 0 Å². The van der Waals surface area contributed by atoms with E-state index in [1.54, 1.807) is 30.6 Å². The number of rotatable bonds is 6. The summed E-state index contributed by atoms with van der Waals surface area (Å²) in [7, 11) is 0. The van der Waals surface area contributed by atoms with Crippen LogP contribution in [0.3, 0.4) is 0 Å². The lowest BCUT2D eigenvalue weighted by molar-refractivity contribution is 0.191. The van der Waals surface area contributed by atoms with Gasteiger partial charge in [-0.1, -0.05) is 0 Å². The van der Waals surface area contributed by atoms with Crippen LogP contribution in [0.5, 0.6) is 11.5 Å². The highest BCUT2D eigenvalue weighted by atomic mass is 19.1. The molecule has 0 unspecified atom stereocenters. The van der Waals surface area contributed by atoms with Gasteiger partial charge in [0.15, 0.2) is 0 Å². The van der Waals surface area contributed by atoms with E-state index in [9.17, 15) is 4.39 Å². The zero-order chi connectivity index (χ0) is 18.6. The molecule has 0 N–H and O–H groups in total. The fourth-order valence-corrected chi connectivity index (χ4v) is 2.45. The summed E-state index contributed by atoms with van der Waals surface area (Å²) in [5.41, 5.74) is 3.37. The van der Waals surface area contributed by atoms with Crippen LogP contribution in [-0.2, 0) is 6.61 Å². The average molecular weight is 366 g/mol. The fourth-order valence-electron chi connectivity index (χ4n) is 2.45. The fraction of sp³-hybridized carbons (Fsp3) is 0.158. The molecule has 0 saturated heterocycles. The van der Waals surface area contributed by atoms with Crippen molar-refractivity contribution in [3.8, 4) is 23.1 Å². The SMILES string of the molecule is Cc1ccnc(-c2nc3cc(OCc4ccc(OCF)cn4)cnc3o2)c1. The maximum absolute atomic E-state index is 12.1. The van der Waals surface area contributed by atoms with Crippen molar-refractivity contribution >= 4 is 11.2 Å². The summed E-state index contributed by atoms with van der Waals surface area (Å²) in [5.74, 6) is 1.30. The number of aromatic nitrogens is 4. The van der Waals surface area contributed by atoms with E-state index >= 15 is 0 Å². The number of hydrogen-bond acceptors (Lipinski definition) is 7. The lowest BCUT2D eigenvalue weighted by atomic mass is 10.2. The summed E-state index contributed by atoms with van der Waals surface area (Å²) in [6.07, 6.45) is 4.71. The van der Waals surface area contributed by atoms with Crippen molar-refractivity contribution in [3.63, 3.8) is 0 Å². The molecular weight excluding hydrogens is 351 g/mol. The summed E-state index contributed by atoms with van der Waals surface area (Å²) in [4.78, 5) is 17.1. The van der Waals surface area contributed by atoms with Gasteiger partial charge in [-0.15, -0.1) is 0 Å². The molecule has 8 heteroatoms. The maximum atomic E-state index is 12.1. The van der Waals surface area contributed by atoms with Crippen LogP contribution in [0, 0.1) is 6.92 Å². The van der Waals surface area contributed by atoms with Crippen LogP contribution in [0.4, 0.5) is 4.39 Å². The Hall–Kier alpha value is -3.55. The molecule has 0 fully saturated rings. The molecule has 0 radical (unpaired) electrons. The smallest absolute Gasteiger partial charge is 0.248 e. The Morgan fingerprint density at radius 1 is 1.00 bits per heavy atom. The Morgan fingerprint density at radius 2 is 1.89 bits per heavy atom. The predicted octanol–water partition coefficient (Wildman–Crippen LogP) is 3.87. The second-order valence-electron chi connectivity index (χ2n) is 5.76. The zero-order valence-electron chi connectivity index (χ0n) is 14.4. The minimum Gasteiger partial charge on any atom is -0.486 e. The van der Waals surface area contributed by atoms with Crippen LogP contribution in [0.15, 0.2) is 53.3 Å². The number of pyridine rings is 3. The Kier molecular flexibility index (Phi) is 4.61. The van der Waals surface area contributed by atoms with E-state index in [1.807, 2.05) is 19.1 Å². The minimum atomic E-state index is -0.888. The Labute approximate surface area is 153 Å². The molecule has 0 aliphatic carbocycles. The molecule has 7 nitrogen and oxygen atoms in total. The number of nitrogens with zero attached hydrogens (tertiary/aromatic N) is 4. The van der Waals surface area contributed by atoms with Gasteiger partial charge in [-0.05, 0) is 36.8 Å². The van der Waals surface area contributed by atoms with Gasteiger partial charge in [0.1, 0.15) is 29.3 Å². The first-order chi connectivity index (χ1) is 13.2. The van der Waals surface area contributed by atoms with Crippen molar-refractivity contribution in [2.45, 2.75) is 13.5 Å². The van der Waals surface area contributed by atoms with E-state index < -0.39 is 6.86 Å². The van der Waals surface area contributed by atoms with Gasteiger partial charge in [0.25, 0.3) is 0 Å². The molecule has 4 heterocycles. The lowest BCUT2D eigenvalue weighted by Gasteiger charge is -2.06. The molecule has 27 heavy (non-hydrogen) atoms. The van der Waals surface area contributed by atoms with Crippen LogP contribution in [0.1, 0.15) is 11.3 Å². The van der Waals surface area contributed by atoms with Crippen LogP contribution >= 0.6 is 0 Å². The molecule has 4 aromatic rings. The van der Waals surface area contributed by atoms with Crippen molar-refractivity contribution in [2.75, 3.05) is 6.86 Å². The maximum Gasteiger partial charge on any atom is 0.248 e. The third-order valence-corrected chi connectivity index (χ3v) is 3.76. The molecule has 0 aliphatic rings. The van der Waals surface area contributed by atoms with E-state index in [4.69, 9.17) is 13.9 Å². The standard InChI is InChI=1S/C19H15FN4O3/c1-12-4-5-21-16(6-12)19-24-17-7-15(9-23-18(17)27-19)25-10-13-2-3-14(8-22-13)26-11-20/h2-9H,10-11H2,1H3. The van der Waals surface area contributed by atoms with E-state index in [2.05, 4.69) is 19.9 Å². The first-order valence-corrected chi connectivity index (χ1v) is 8.17.